The van der Waals surface area contributed by atoms with E-state index in [0.717, 1.165) is 0 Å². The zero-order valence-corrected chi connectivity index (χ0v) is 5.77. The molecule has 0 radical (unpaired) electrons. The second-order valence-electron chi connectivity index (χ2n) is 1.69. The van der Waals surface area contributed by atoms with Crippen LogP contribution in [0.3, 0.4) is 0 Å². The Kier molecular flexibility index (Phi) is 1.57. The van der Waals surface area contributed by atoms with Gasteiger partial charge in [-0.05, 0) is 6.92 Å². The average Bonchev–Trinajstić information content (AvgIpc) is 1.59. The van der Waals surface area contributed by atoms with Crippen molar-refractivity contribution in [1.29, 1.82) is 0 Å². The van der Waals surface area contributed by atoms with Gasteiger partial charge in [0.05, 0.1) is 0 Å². The Morgan fingerprint density at radius 3 is 2.89 bits per heavy atom. The first-order valence-electron chi connectivity index (χ1n) is 2.45. The topological polar surface area (TPSA) is 45.8 Å². The summed E-state index contributed by atoms with van der Waals surface area (Å²) in [7, 11) is 0. The first-order valence-corrected chi connectivity index (χ1v) is 2.90. The van der Waals surface area contributed by atoms with Crippen LogP contribution in [0, 0.1) is 6.92 Å². The van der Waals surface area contributed by atoms with Crippen LogP contribution >= 0.6 is 12.6 Å². The summed E-state index contributed by atoms with van der Waals surface area (Å²) < 4.78 is 0. The quantitative estimate of drug-likeness (QED) is 0.406. The van der Waals surface area contributed by atoms with Crippen LogP contribution in [-0.2, 0) is 0 Å². The van der Waals surface area contributed by atoms with E-state index in [1.165, 1.54) is 6.07 Å². The third-order valence-corrected chi connectivity index (χ3v) is 1.08. The smallest absolute Gasteiger partial charge is 0.251 e. The minimum atomic E-state index is -0.160. The van der Waals surface area contributed by atoms with Gasteiger partial charge in [0, 0.05) is 6.07 Å². The van der Waals surface area contributed by atoms with Gasteiger partial charge >= 0.3 is 0 Å². The predicted octanol–water partition coefficient (Wildman–Crippen LogP) is 0.367. The molecule has 0 bridgehead atoms. The summed E-state index contributed by atoms with van der Waals surface area (Å²) in [5.74, 6) is 0.590. The van der Waals surface area contributed by atoms with Gasteiger partial charge in [-0.2, -0.15) is 0 Å². The molecule has 9 heavy (non-hydrogen) atoms. The molecule has 48 valence electrons. The van der Waals surface area contributed by atoms with Crippen molar-refractivity contribution in [3.05, 3.63) is 22.2 Å². The molecule has 1 aromatic heterocycles. The molecule has 0 saturated carbocycles. The Labute approximate surface area is 57.6 Å². The van der Waals surface area contributed by atoms with Gasteiger partial charge < -0.3 is 4.98 Å². The molecule has 4 heteroatoms. The normalized spacial score (nSPS) is 9.56. The molecule has 1 aromatic rings. The lowest BCUT2D eigenvalue weighted by Gasteiger charge is -1.90. The minimum absolute atomic E-state index is 0.160. The number of nitrogens with one attached hydrogen (secondary N) is 1. The molecule has 1 rings (SSSR count). The van der Waals surface area contributed by atoms with Crippen molar-refractivity contribution >= 4 is 12.6 Å². The number of H-pyrrole nitrogens is 1. The van der Waals surface area contributed by atoms with Crippen molar-refractivity contribution in [3.8, 4) is 0 Å². The van der Waals surface area contributed by atoms with E-state index in [-0.39, 0.29) is 5.56 Å². The van der Waals surface area contributed by atoms with E-state index in [1.54, 1.807) is 6.92 Å². The van der Waals surface area contributed by atoms with Gasteiger partial charge in [-0.3, -0.25) is 4.79 Å². The van der Waals surface area contributed by atoms with Crippen molar-refractivity contribution in [3.63, 3.8) is 0 Å². The number of aromatic nitrogens is 2. The maximum absolute atomic E-state index is 10.6. The summed E-state index contributed by atoms with van der Waals surface area (Å²) in [5.41, 5.74) is -0.160. The molecule has 0 saturated heterocycles. The molecular formula is C5H6N2OS. The lowest BCUT2D eigenvalue weighted by Crippen LogP contribution is -2.07. The van der Waals surface area contributed by atoms with Crippen molar-refractivity contribution in [1.82, 2.24) is 9.97 Å². The fraction of sp³-hybridized carbons (Fsp3) is 0.200. The molecule has 1 N–H and O–H groups in total. The molecule has 0 unspecified atom stereocenters. The monoisotopic (exact) mass is 142 g/mol. The zero-order chi connectivity index (χ0) is 6.85. The van der Waals surface area contributed by atoms with Gasteiger partial charge in [-0.1, -0.05) is 0 Å². The van der Waals surface area contributed by atoms with Gasteiger partial charge in [0.2, 0.25) is 0 Å². The molecule has 0 fully saturated rings. The summed E-state index contributed by atoms with van der Waals surface area (Å²) in [6.45, 7) is 1.71. The van der Waals surface area contributed by atoms with Crippen LogP contribution in [-0.4, -0.2) is 9.97 Å². The van der Waals surface area contributed by atoms with Gasteiger partial charge in [0.1, 0.15) is 10.9 Å². The van der Waals surface area contributed by atoms with Crippen molar-refractivity contribution in [2.45, 2.75) is 11.9 Å². The fourth-order valence-corrected chi connectivity index (χ4v) is 0.831. The second-order valence-corrected chi connectivity index (χ2v) is 2.15. The van der Waals surface area contributed by atoms with Crippen LogP contribution in [0.25, 0.3) is 0 Å². The molecule has 0 aliphatic carbocycles. The molecule has 0 atom stereocenters. The van der Waals surface area contributed by atoms with Gasteiger partial charge in [-0.25, -0.2) is 4.98 Å². The standard InChI is InChI=1S/C5H6N2OS/c1-3-6-4(8)2-5(9)7-3/h2H,1H3,(H2,6,7,8,9). The molecule has 0 aromatic carbocycles. The van der Waals surface area contributed by atoms with E-state index < -0.39 is 0 Å². The summed E-state index contributed by atoms with van der Waals surface area (Å²) >= 11 is 3.89. The third-order valence-electron chi connectivity index (χ3n) is 0.847. The first kappa shape index (κ1) is 6.35. The van der Waals surface area contributed by atoms with Crippen LogP contribution in [0.5, 0.6) is 0 Å². The van der Waals surface area contributed by atoms with E-state index in [0.29, 0.717) is 10.9 Å². The highest BCUT2D eigenvalue weighted by atomic mass is 32.1. The van der Waals surface area contributed by atoms with Gasteiger partial charge in [0.25, 0.3) is 5.56 Å². The number of aromatic amines is 1. The summed E-state index contributed by atoms with van der Waals surface area (Å²) in [6.07, 6.45) is 0. The van der Waals surface area contributed by atoms with E-state index in [2.05, 4.69) is 22.6 Å². The molecule has 1 heterocycles. The minimum Gasteiger partial charge on any atom is -0.311 e. The highest BCUT2D eigenvalue weighted by molar-refractivity contribution is 7.80. The highest BCUT2D eigenvalue weighted by Gasteiger charge is 1.89. The average molecular weight is 142 g/mol. The summed E-state index contributed by atoms with van der Waals surface area (Å²) in [6, 6.07) is 1.33. The number of hydrogen-bond donors (Lipinski definition) is 2. The SMILES string of the molecule is Cc1nc(S)cc(=O)[nH]1. The highest BCUT2D eigenvalue weighted by Crippen LogP contribution is 1.93. The number of hydrogen-bond acceptors (Lipinski definition) is 3. The Hall–Kier alpha value is -0.770. The summed E-state index contributed by atoms with van der Waals surface area (Å²) in [4.78, 5) is 16.9. The maximum atomic E-state index is 10.6. The molecule has 3 nitrogen and oxygen atoms in total. The lowest BCUT2D eigenvalue weighted by molar-refractivity contribution is 0.944. The fourth-order valence-electron chi connectivity index (χ4n) is 0.564. The van der Waals surface area contributed by atoms with Crippen molar-refractivity contribution in [2.75, 3.05) is 0 Å². The Morgan fingerprint density at radius 2 is 2.44 bits per heavy atom. The van der Waals surface area contributed by atoms with Crippen LogP contribution < -0.4 is 5.56 Å². The van der Waals surface area contributed by atoms with Crippen LogP contribution in [0.15, 0.2) is 15.9 Å². The predicted molar refractivity (Wildman–Crippen MR) is 36.8 cm³/mol. The van der Waals surface area contributed by atoms with Gasteiger partial charge in [0.15, 0.2) is 0 Å². The lowest BCUT2D eigenvalue weighted by atomic mass is 10.6. The Bertz CT molecular complexity index is 245. The van der Waals surface area contributed by atoms with E-state index in [1.807, 2.05) is 0 Å². The molecule has 0 amide bonds. The Balaban J connectivity index is 3.33. The number of thiol groups is 1. The van der Waals surface area contributed by atoms with Crippen LogP contribution in [0.2, 0.25) is 0 Å². The maximum Gasteiger partial charge on any atom is 0.251 e. The van der Waals surface area contributed by atoms with Crippen molar-refractivity contribution in [2.24, 2.45) is 0 Å². The zero-order valence-electron chi connectivity index (χ0n) is 4.88. The summed E-state index contributed by atoms with van der Waals surface area (Å²) in [5, 5.41) is 0.455. The number of aryl methyl sites for hydroxylation is 1. The van der Waals surface area contributed by atoms with Crippen molar-refractivity contribution < 1.29 is 0 Å². The van der Waals surface area contributed by atoms with Gasteiger partial charge in [-0.15, -0.1) is 12.6 Å². The van der Waals surface area contributed by atoms with Crippen LogP contribution in [0.4, 0.5) is 0 Å². The largest absolute Gasteiger partial charge is 0.311 e. The Morgan fingerprint density at radius 1 is 1.78 bits per heavy atom. The van der Waals surface area contributed by atoms with E-state index >= 15 is 0 Å². The first-order chi connectivity index (χ1) is 4.18. The molecular weight excluding hydrogens is 136 g/mol. The number of rotatable bonds is 0. The molecule has 0 spiro atoms. The third kappa shape index (κ3) is 1.57. The van der Waals surface area contributed by atoms with E-state index in [4.69, 9.17) is 0 Å². The number of nitrogens with zero attached hydrogens (tertiary/aromatic N) is 1. The second kappa shape index (κ2) is 2.23. The van der Waals surface area contributed by atoms with Crippen LogP contribution in [0.1, 0.15) is 5.82 Å². The molecule has 0 aliphatic rings. The van der Waals surface area contributed by atoms with E-state index in [9.17, 15) is 4.79 Å². The molecule has 0 aliphatic heterocycles.